The van der Waals surface area contributed by atoms with E-state index in [2.05, 4.69) is 5.32 Å². The molecule has 0 radical (unpaired) electrons. The molecule has 0 saturated carbocycles. The smallest absolute Gasteiger partial charge is 0.408 e. The Balaban J connectivity index is 2.62. The number of hydrogen-bond donors (Lipinski definition) is 2. The van der Waals surface area contributed by atoms with Gasteiger partial charge in [0.25, 0.3) is 0 Å². The lowest BCUT2D eigenvalue weighted by Gasteiger charge is -2.32. The molecule has 0 aromatic heterocycles. The summed E-state index contributed by atoms with van der Waals surface area (Å²) in [5.41, 5.74) is 0. The van der Waals surface area contributed by atoms with Crippen molar-refractivity contribution in [3.05, 3.63) is 0 Å². The maximum Gasteiger partial charge on any atom is 0.408 e. The second kappa shape index (κ2) is 4.80. The number of carboxylic acid groups (broad SMARTS) is 1. The Bertz CT molecular complexity index is 231. The molecule has 0 unspecified atom stereocenters. The maximum atomic E-state index is 11.3. The molecule has 6 nitrogen and oxygen atoms in total. The van der Waals surface area contributed by atoms with Crippen LogP contribution in [0.3, 0.4) is 0 Å². The fourth-order valence-electron chi connectivity index (χ4n) is 1.38. The first-order valence-corrected chi connectivity index (χ1v) is 4.53. The number of nitrogens with one attached hydrogen (secondary N) is 1. The van der Waals surface area contributed by atoms with Crippen LogP contribution in [0.25, 0.3) is 0 Å². The summed E-state index contributed by atoms with van der Waals surface area (Å²) in [5.74, 6) is -0.484. The highest BCUT2D eigenvalue weighted by Crippen LogP contribution is 2.05. The van der Waals surface area contributed by atoms with Crippen LogP contribution >= 0.6 is 0 Å². The second-order valence-electron chi connectivity index (χ2n) is 2.95. The molecule has 2 N–H and O–H groups in total. The van der Waals surface area contributed by atoms with Crippen LogP contribution in [0.4, 0.5) is 4.79 Å². The molecule has 0 aromatic rings. The summed E-state index contributed by atoms with van der Waals surface area (Å²) in [6, 6.07) is -0.707. The van der Waals surface area contributed by atoms with Crippen molar-refractivity contribution < 1.29 is 19.4 Å². The normalized spacial score (nSPS) is 21.8. The minimum absolute atomic E-state index is 0.267. The third-order valence-electron chi connectivity index (χ3n) is 2.05. The molecule has 1 atom stereocenters. The number of carbonyl (C=O) groups excluding carboxylic acids is 1. The second-order valence-corrected chi connectivity index (χ2v) is 2.95. The topological polar surface area (TPSA) is 78.9 Å². The zero-order chi connectivity index (χ0) is 10.6. The number of hydrogen-bond acceptors (Lipinski definition) is 4. The molecule has 1 aliphatic heterocycles. The molecule has 0 aliphatic carbocycles. The minimum Gasteiger partial charge on any atom is -0.465 e. The summed E-state index contributed by atoms with van der Waals surface area (Å²) in [6.45, 7) is 3.17. The summed E-state index contributed by atoms with van der Waals surface area (Å²) >= 11 is 0. The van der Waals surface area contributed by atoms with Crippen molar-refractivity contribution in [2.75, 3.05) is 26.2 Å². The van der Waals surface area contributed by atoms with Gasteiger partial charge < -0.3 is 15.2 Å². The Kier molecular flexibility index (Phi) is 3.70. The molecule has 1 saturated heterocycles. The average molecular weight is 202 g/mol. The third-order valence-corrected chi connectivity index (χ3v) is 2.05. The van der Waals surface area contributed by atoms with Crippen molar-refractivity contribution in [3.8, 4) is 0 Å². The molecule has 1 heterocycles. The van der Waals surface area contributed by atoms with Gasteiger partial charge in [-0.15, -0.1) is 0 Å². The highest BCUT2D eigenvalue weighted by Gasteiger charge is 2.32. The quantitative estimate of drug-likeness (QED) is 0.590. The predicted octanol–water partition coefficient (Wildman–Crippen LogP) is -0.499. The van der Waals surface area contributed by atoms with Crippen LogP contribution in [0, 0.1) is 0 Å². The van der Waals surface area contributed by atoms with E-state index in [1.54, 1.807) is 6.92 Å². The van der Waals surface area contributed by atoms with Crippen LogP contribution in [0.15, 0.2) is 0 Å². The van der Waals surface area contributed by atoms with E-state index >= 15 is 0 Å². The van der Waals surface area contributed by atoms with Crippen molar-refractivity contribution >= 4 is 12.1 Å². The van der Waals surface area contributed by atoms with Gasteiger partial charge in [-0.1, -0.05) is 0 Å². The molecule has 0 aromatic carbocycles. The predicted molar refractivity (Wildman–Crippen MR) is 48.0 cm³/mol. The Labute approximate surface area is 81.8 Å². The molecule has 80 valence electrons. The van der Waals surface area contributed by atoms with E-state index in [4.69, 9.17) is 9.84 Å². The van der Waals surface area contributed by atoms with E-state index in [0.29, 0.717) is 19.6 Å². The van der Waals surface area contributed by atoms with Crippen molar-refractivity contribution in [1.29, 1.82) is 0 Å². The number of carbonyl (C=O) groups is 2. The van der Waals surface area contributed by atoms with Crippen LogP contribution in [-0.4, -0.2) is 54.4 Å². The van der Waals surface area contributed by atoms with Crippen molar-refractivity contribution in [2.45, 2.75) is 13.0 Å². The number of amides is 1. The standard InChI is InChI=1S/C8H14N2O4/c1-2-14-7(11)6-5-9-3-4-10(6)8(12)13/h6,9H,2-5H2,1H3,(H,12,13)/t6-/m0/s1. The van der Waals surface area contributed by atoms with Gasteiger partial charge in [-0.2, -0.15) is 0 Å². The molecule has 14 heavy (non-hydrogen) atoms. The fourth-order valence-corrected chi connectivity index (χ4v) is 1.38. The molecule has 1 fully saturated rings. The first kappa shape index (κ1) is 10.8. The van der Waals surface area contributed by atoms with E-state index in [-0.39, 0.29) is 6.61 Å². The lowest BCUT2D eigenvalue weighted by Crippen LogP contribution is -2.57. The highest BCUT2D eigenvalue weighted by molar-refractivity contribution is 5.81. The van der Waals surface area contributed by atoms with Gasteiger partial charge >= 0.3 is 12.1 Å². The monoisotopic (exact) mass is 202 g/mol. The molecule has 1 rings (SSSR count). The fraction of sp³-hybridized carbons (Fsp3) is 0.750. The number of rotatable bonds is 2. The van der Waals surface area contributed by atoms with Crippen LogP contribution in [0.1, 0.15) is 6.92 Å². The van der Waals surface area contributed by atoms with Crippen molar-refractivity contribution in [3.63, 3.8) is 0 Å². The van der Waals surface area contributed by atoms with Crippen molar-refractivity contribution in [2.24, 2.45) is 0 Å². The maximum absolute atomic E-state index is 11.3. The van der Waals surface area contributed by atoms with E-state index in [1.807, 2.05) is 0 Å². The number of esters is 1. The third kappa shape index (κ3) is 2.35. The molecule has 0 bridgehead atoms. The largest absolute Gasteiger partial charge is 0.465 e. The van der Waals surface area contributed by atoms with Gasteiger partial charge in [0.2, 0.25) is 0 Å². The number of ether oxygens (including phenoxy) is 1. The minimum atomic E-state index is -1.08. The van der Waals surface area contributed by atoms with Crippen molar-refractivity contribution in [1.82, 2.24) is 10.2 Å². The molecule has 1 amide bonds. The Hall–Kier alpha value is -1.30. The average Bonchev–Trinajstić information content (AvgIpc) is 2.18. The zero-order valence-corrected chi connectivity index (χ0v) is 8.02. The van der Waals surface area contributed by atoms with Gasteiger partial charge in [0.1, 0.15) is 6.04 Å². The van der Waals surface area contributed by atoms with Crippen LogP contribution in [0.5, 0.6) is 0 Å². The van der Waals surface area contributed by atoms with Crippen LogP contribution < -0.4 is 5.32 Å². The molecular formula is C8H14N2O4. The van der Waals surface area contributed by atoms with Gasteiger partial charge in [-0.3, -0.25) is 4.90 Å². The van der Waals surface area contributed by atoms with E-state index in [0.717, 1.165) is 4.90 Å². The van der Waals surface area contributed by atoms with Gasteiger partial charge in [-0.05, 0) is 6.92 Å². The van der Waals surface area contributed by atoms with Gasteiger partial charge in [0.05, 0.1) is 6.61 Å². The lowest BCUT2D eigenvalue weighted by atomic mass is 10.2. The van der Waals surface area contributed by atoms with Gasteiger partial charge in [0.15, 0.2) is 0 Å². The van der Waals surface area contributed by atoms with Crippen LogP contribution in [0.2, 0.25) is 0 Å². The summed E-state index contributed by atoms with van der Waals surface area (Å²) < 4.78 is 4.78. The van der Waals surface area contributed by atoms with Gasteiger partial charge in [-0.25, -0.2) is 9.59 Å². The Morgan fingerprint density at radius 3 is 2.93 bits per heavy atom. The SMILES string of the molecule is CCOC(=O)[C@@H]1CNCCN1C(=O)O. The molecule has 6 heteroatoms. The highest BCUT2D eigenvalue weighted by atomic mass is 16.5. The van der Waals surface area contributed by atoms with E-state index < -0.39 is 18.1 Å². The molecular weight excluding hydrogens is 188 g/mol. The summed E-state index contributed by atoms with van der Waals surface area (Å²) in [7, 11) is 0. The zero-order valence-electron chi connectivity index (χ0n) is 8.02. The van der Waals surface area contributed by atoms with Crippen LogP contribution in [-0.2, 0) is 9.53 Å². The first-order valence-electron chi connectivity index (χ1n) is 4.53. The van der Waals surface area contributed by atoms with E-state index in [1.165, 1.54) is 0 Å². The summed E-state index contributed by atoms with van der Waals surface area (Å²) in [5, 5.41) is 11.8. The summed E-state index contributed by atoms with van der Waals surface area (Å²) in [4.78, 5) is 23.2. The van der Waals surface area contributed by atoms with Gasteiger partial charge in [0, 0.05) is 19.6 Å². The Morgan fingerprint density at radius 1 is 1.64 bits per heavy atom. The number of piperazine rings is 1. The lowest BCUT2D eigenvalue weighted by molar-refractivity contribution is -0.149. The molecule has 1 aliphatic rings. The number of nitrogens with zero attached hydrogens (tertiary/aromatic N) is 1. The Morgan fingerprint density at radius 2 is 2.36 bits per heavy atom. The molecule has 0 spiro atoms. The first-order chi connectivity index (χ1) is 6.66. The van der Waals surface area contributed by atoms with E-state index in [9.17, 15) is 9.59 Å². The summed E-state index contributed by atoms with van der Waals surface area (Å²) in [6.07, 6.45) is -1.08.